The summed E-state index contributed by atoms with van der Waals surface area (Å²) >= 11 is 5.16. The maximum Gasteiger partial charge on any atom is 0.150 e. The number of hydrogen-bond acceptors (Lipinski definition) is 4. The average Bonchev–Trinajstić information content (AvgIpc) is 2.81. The molecular weight excluding hydrogens is 322 g/mol. The van der Waals surface area contributed by atoms with Crippen LogP contribution < -0.4 is 5.32 Å². The third kappa shape index (κ3) is 3.53. The summed E-state index contributed by atoms with van der Waals surface area (Å²) < 4.78 is 24.1. The van der Waals surface area contributed by atoms with Gasteiger partial charge in [-0.25, -0.2) is 8.42 Å². The fourth-order valence-corrected chi connectivity index (χ4v) is 5.71. The van der Waals surface area contributed by atoms with E-state index in [4.69, 9.17) is 0 Å². The van der Waals surface area contributed by atoms with Crippen LogP contribution in [0, 0.1) is 5.92 Å². The molecule has 96 valence electrons. The van der Waals surface area contributed by atoms with E-state index in [1.165, 1.54) is 4.88 Å². The predicted molar refractivity (Wildman–Crippen MR) is 75.3 cm³/mol. The molecule has 0 radical (unpaired) electrons. The second-order valence-corrected chi connectivity index (χ2v) is 8.63. The largest absolute Gasteiger partial charge is 0.316 e. The Bertz CT molecular complexity index is 483. The Kier molecular flexibility index (Phi) is 4.28. The Morgan fingerprint density at radius 1 is 1.65 bits per heavy atom. The molecule has 0 saturated carbocycles. The number of thiophene rings is 1. The van der Waals surface area contributed by atoms with Crippen molar-refractivity contribution in [3.63, 3.8) is 0 Å². The fraction of sp³-hybridized carbons (Fsp3) is 0.636. The van der Waals surface area contributed by atoms with E-state index in [0.717, 1.165) is 17.3 Å². The monoisotopic (exact) mass is 337 g/mol. The van der Waals surface area contributed by atoms with E-state index in [9.17, 15) is 8.42 Å². The number of hydrogen-bond donors (Lipinski definition) is 1. The van der Waals surface area contributed by atoms with Gasteiger partial charge in [0, 0.05) is 20.8 Å². The first-order chi connectivity index (χ1) is 8.00. The van der Waals surface area contributed by atoms with Gasteiger partial charge in [-0.2, -0.15) is 0 Å². The summed E-state index contributed by atoms with van der Waals surface area (Å²) in [6.07, 6.45) is 1.70. The highest BCUT2D eigenvalue weighted by Crippen LogP contribution is 2.27. The second kappa shape index (κ2) is 5.38. The molecule has 1 fully saturated rings. The molecule has 3 nitrogen and oxygen atoms in total. The van der Waals surface area contributed by atoms with Crippen LogP contribution in [0.4, 0.5) is 0 Å². The van der Waals surface area contributed by atoms with Gasteiger partial charge in [0.25, 0.3) is 0 Å². The fourth-order valence-electron chi connectivity index (χ4n) is 2.32. The Morgan fingerprint density at radius 2 is 2.41 bits per heavy atom. The van der Waals surface area contributed by atoms with Gasteiger partial charge >= 0.3 is 0 Å². The molecule has 2 unspecified atom stereocenters. The van der Waals surface area contributed by atoms with Crippen LogP contribution in [0.5, 0.6) is 0 Å². The molecule has 1 N–H and O–H groups in total. The molecule has 1 saturated heterocycles. The van der Waals surface area contributed by atoms with Crippen molar-refractivity contribution in [3.05, 3.63) is 20.8 Å². The molecular formula is C11H16BrNO2S2. The van der Waals surface area contributed by atoms with Gasteiger partial charge in [-0.05, 0) is 47.8 Å². The lowest BCUT2D eigenvalue weighted by molar-refractivity contribution is 0.405. The Labute approximate surface area is 115 Å². The summed E-state index contributed by atoms with van der Waals surface area (Å²) in [7, 11) is -0.869. The molecule has 2 rings (SSSR count). The minimum Gasteiger partial charge on any atom is -0.316 e. The molecule has 0 aliphatic carbocycles. The van der Waals surface area contributed by atoms with Gasteiger partial charge in [-0.1, -0.05) is 0 Å². The van der Waals surface area contributed by atoms with Crippen molar-refractivity contribution in [2.75, 3.05) is 18.6 Å². The van der Waals surface area contributed by atoms with Gasteiger partial charge in [0.1, 0.15) is 0 Å². The first-order valence-electron chi connectivity index (χ1n) is 5.61. The summed E-state index contributed by atoms with van der Waals surface area (Å²) in [5.74, 6) is 0.945. The highest BCUT2D eigenvalue weighted by Gasteiger charge is 2.33. The van der Waals surface area contributed by atoms with Crippen molar-refractivity contribution in [2.24, 2.45) is 5.92 Å². The highest BCUT2D eigenvalue weighted by atomic mass is 79.9. The third-order valence-electron chi connectivity index (χ3n) is 3.25. The van der Waals surface area contributed by atoms with Crippen molar-refractivity contribution in [2.45, 2.75) is 18.9 Å². The van der Waals surface area contributed by atoms with E-state index >= 15 is 0 Å². The first-order valence-corrected chi connectivity index (χ1v) is 9.10. The summed E-state index contributed by atoms with van der Waals surface area (Å²) in [6, 6.07) is 2.37. The van der Waals surface area contributed by atoms with Crippen LogP contribution in [0.25, 0.3) is 0 Å². The van der Waals surface area contributed by atoms with Crippen LogP contribution in [0.1, 0.15) is 11.3 Å². The molecule has 0 spiro atoms. The van der Waals surface area contributed by atoms with Crippen molar-refractivity contribution in [1.29, 1.82) is 0 Å². The van der Waals surface area contributed by atoms with Gasteiger partial charge in [-0.15, -0.1) is 11.3 Å². The zero-order chi connectivity index (χ0) is 12.5. The molecule has 0 amide bonds. The van der Waals surface area contributed by atoms with Gasteiger partial charge < -0.3 is 5.32 Å². The predicted octanol–water partition coefficient (Wildman–Crippen LogP) is 2.08. The quantitative estimate of drug-likeness (QED) is 0.914. The topological polar surface area (TPSA) is 46.2 Å². The zero-order valence-electron chi connectivity index (χ0n) is 9.65. The lowest BCUT2D eigenvalue weighted by Gasteiger charge is -2.21. The molecule has 1 aromatic rings. The smallest absolute Gasteiger partial charge is 0.150 e. The van der Waals surface area contributed by atoms with Gasteiger partial charge in [0.2, 0.25) is 0 Å². The number of halogens is 1. The zero-order valence-corrected chi connectivity index (χ0v) is 12.9. The molecule has 1 aromatic heterocycles. The first kappa shape index (κ1) is 13.5. The normalized spacial score (nSPS) is 24.9. The Hall–Kier alpha value is 0.0900. The molecule has 2 atom stereocenters. The van der Waals surface area contributed by atoms with E-state index < -0.39 is 9.84 Å². The number of rotatable bonds is 4. The molecule has 0 aromatic carbocycles. The second-order valence-electron chi connectivity index (χ2n) is 4.49. The van der Waals surface area contributed by atoms with E-state index in [1.807, 2.05) is 7.05 Å². The van der Waals surface area contributed by atoms with Crippen molar-refractivity contribution >= 4 is 37.1 Å². The molecule has 1 aliphatic heterocycles. The molecule has 2 heterocycles. The van der Waals surface area contributed by atoms with Crippen LogP contribution in [0.15, 0.2) is 15.9 Å². The van der Waals surface area contributed by atoms with E-state index in [0.29, 0.717) is 11.5 Å². The van der Waals surface area contributed by atoms with Crippen molar-refractivity contribution in [1.82, 2.24) is 5.32 Å². The van der Waals surface area contributed by atoms with Gasteiger partial charge in [0.05, 0.1) is 11.5 Å². The summed E-state index contributed by atoms with van der Waals surface area (Å²) in [4.78, 5) is 1.29. The standard InChI is InChI=1S/C11H16BrNO2S2/c1-13-11(5-10-4-9(12)6-16-10)8-2-3-17(14,15)7-8/h4,6,8,11,13H,2-3,5,7H2,1H3. The minimum atomic E-state index is -2.78. The van der Waals surface area contributed by atoms with Crippen molar-refractivity contribution in [3.8, 4) is 0 Å². The van der Waals surface area contributed by atoms with Crippen LogP contribution >= 0.6 is 27.3 Å². The van der Waals surface area contributed by atoms with Crippen LogP contribution in [0.2, 0.25) is 0 Å². The third-order valence-corrected chi connectivity index (χ3v) is 6.76. The number of sulfone groups is 1. The van der Waals surface area contributed by atoms with Gasteiger partial charge in [-0.3, -0.25) is 0 Å². The molecule has 17 heavy (non-hydrogen) atoms. The SMILES string of the molecule is CNC(Cc1cc(Br)cs1)C1CCS(=O)(=O)C1. The minimum absolute atomic E-state index is 0.255. The Morgan fingerprint density at radius 3 is 2.88 bits per heavy atom. The van der Waals surface area contributed by atoms with Crippen LogP contribution in [-0.2, 0) is 16.3 Å². The maximum absolute atomic E-state index is 11.5. The Balaban J connectivity index is 2.02. The van der Waals surface area contributed by atoms with Crippen LogP contribution in [0.3, 0.4) is 0 Å². The van der Waals surface area contributed by atoms with E-state index in [2.05, 4.69) is 32.7 Å². The van der Waals surface area contributed by atoms with E-state index in [-0.39, 0.29) is 12.0 Å². The highest BCUT2D eigenvalue weighted by molar-refractivity contribution is 9.10. The number of nitrogens with one attached hydrogen (secondary N) is 1. The molecule has 1 aliphatic rings. The lowest BCUT2D eigenvalue weighted by Crippen LogP contribution is -2.36. The maximum atomic E-state index is 11.5. The summed E-state index contributed by atoms with van der Waals surface area (Å²) in [5.41, 5.74) is 0. The average molecular weight is 338 g/mol. The lowest BCUT2D eigenvalue weighted by atomic mass is 9.96. The van der Waals surface area contributed by atoms with E-state index in [1.54, 1.807) is 11.3 Å². The van der Waals surface area contributed by atoms with Gasteiger partial charge in [0.15, 0.2) is 9.84 Å². The van der Waals surface area contributed by atoms with Crippen molar-refractivity contribution < 1.29 is 8.42 Å². The molecule has 6 heteroatoms. The summed E-state index contributed by atoms with van der Waals surface area (Å²) in [6.45, 7) is 0. The number of likely N-dealkylation sites (N-methyl/N-ethyl adjacent to an activating group) is 1. The molecule has 0 bridgehead atoms. The summed E-state index contributed by atoms with van der Waals surface area (Å²) in [5, 5.41) is 5.33. The van der Waals surface area contributed by atoms with Crippen LogP contribution in [-0.4, -0.2) is 33.0 Å².